The maximum atomic E-state index is 10.9. The summed E-state index contributed by atoms with van der Waals surface area (Å²) in [7, 11) is 0. The van der Waals surface area contributed by atoms with Gasteiger partial charge >= 0.3 is 0 Å². The number of nitro benzene ring substituents is 1. The third kappa shape index (κ3) is 3.89. The molecular weight excluding hydrogens is 264 g/mol. The van der Waals surface area contributed by atoms with Crippen molar-refractivity contribution in [3.05, 3.63) is 75.3 Å². The van der Waals surface area contributed by atoms with Crippen LogP contribution in [0.1, 0.15) is 36.1 Å². The zero-order valence-corrected chi connectivity index (χ0v) is 12.4. The topological polar surface area (TPSA) is 55.2 Å². The third-order valence-corrected chi connectivity index (χ3v) is 3.69. The van der Waals surface area contributed by atoms with Gasteiger partial charge in [-0.2, -0.15) is 0 Å². The molecule has 0 amide bonds. The van der Waals surface area contributed by atoms with Gasteiger partial charge in [0.15, 0.2) is 0 Å². The Bertz CT molecular complexity index is 626. The van der Waals surface area contributed by atoms with Crippen LogP contribution in [0, 0.1) is 17.0 Å². The average Bonchev–Trinajstić information content (AvgIpc) is 2.50. The number of rotatable bonds is 6. The monoisotopic (exact) mass is 284 g/mol. The highest BCUT2D eigenvalue weighted by atomic mass is 16.6. The number of nitro groups is 1. The van der Waals surface area contributed by atoms with Crippen molar-refractivity contribution in [1.29, 1.82) is 0 Å². The van der Waals surface area contributed by atoms with Crippen molar-refractivity contribution in [1.82, 2.24) is 5.32 Å². The standard InChI is InChI=1S/C17H20N2O2/c1-3-17(14-9-6-10-16(11-14)19(20)21)18-12-15-8-5-4-7-13(15)2/h4-11,17-18H,3,12H2,1-2H3. The van der Waals surface area contributed by atoms with Crippen LogP contribution in [0.15, 0.2) is 48.5 Å². The van der Waals surface area contributed by atoms with Gasteiger partial charge in [-0.15, -0.1) is 0 Å². The number of hydrogen-bond acceptors (Lipinski definition) is 3. The molecule has 0 heterocycles. The van der Waals surface area contributed by atoms with E-state index in [2.05, 4.69) is 31.3 Å². The molecule has 4 nitrogen and oxygen atoms in total. The number of nitrogens with one attached hydrogen (secondary N) is 1. The number of non-ortho nitro benzene ring substituents is 1. The summed E-state index contributed by atoms with van der Waals surface area (Å²) in [6, 6.07) is 15.2. The van der Waals surface area contributed by atoms with Crippen LogP contribution in [0.5, 0.6) is 0 Å². The van der Waals surface area contributed by atoms with Crippen molar-refractivity contribution in [2.75, 3.05) is 0 Å². The molecule has 0 aliphatic rings. The van der Waals surface area contributed by atoms with Crippen LogP contribution in [0.4, 0.5) is 5.69 Å². The van der Waals surface area contributed by atoms with Crippen molar-refractivity contribution in [3.8, 4) is 0 Å². The minimum absolute atomic E-state index is 0.115. The lowest BCUT2D eigenvalue weighted by Gasteiger charge is -2.18. The van der Waals surface area contributed by atoms with Gasteiger partial charge in [0.2, 0.25) is 0 Å². The normalized spacial score (nSPS) is 12.1. The van der Waals surface area contributed by atoms with Crippen LogP contribution in [0.25, 0.3) is 0 Å². The molecule has 1 atom stereocenters. The zero-order chi connectivity index (χ0) is 15.2. The van der Waals surface area contributed by atoms with Crippen LogP contribution in [0.2, 0.25) is 0 Å². The zero-order valence-electron chi connectivity index (χ0n) is 12.4. The van der Waals surface area contributed by atoms with E-state index < -0.39 is 0 Å². The Morgan fingerprint density at radius 1 is 1.19 bits per heavy atom. The van der Waals surface area contributed by atoms with Gasteiger partial charge in [0.1, 0.15) is 0 Å². The molecule has 0 saturated carbocycles. The van der Waals surface area contributed by atoms with Gasteiger partial charge in [0.05, 0.1) is 4.92 Å². The third-order valence-electron chi connectivity index (χ3n) is 3.69. The molecule has 0 bridgehead atoms. The van der Waals surface area contributed by atoms with E-state index in [9.17, 15) is 10.1 Å². The van der Waals surface area contributed by atoms with Crippen molar-refractivity contribution in [3.63, 3.8) is 0 Å². The minimum Gasteiger partial charge on any atom is -0.306 e. The van der Waals surface area contributed by atoms with E-state index >= 15 is 0 Å². The highest BCUT2D eigenvalue weighted by Crippen LogP contribution is 2.22. The largest absolute Gasteiger partial charge is 0.306 e. The Morgan fingerprint density at radius 2 is 1.95 bits per heavy atom. The molecule has 2 rings (SSSR count). The van der Waals surface area contributed by atoms with Gasteiger partial charge in [-0.1, -0.05) is 43.3 Å². The first-order valence-electron chi connectivity index (χ1n) is 7.14. The second-order valence-corrected chi connectivity index (χ2v) is 5.12. The van der Waals surface area contributed by atoms with E-state index in [0.29, 0.717) is 0 Å². The molecule has 21 heavy (non-hydrogen) atoms. The summed E-state index contributed by atoms with van der Waals surface area (Å²) >= 11 is 0. The van der Waals surface area contributed by atoms with Gasteiger partial charge < -0.3 is 5.32 Å². The van der Waals surface area contributed by atoms with Gasteiger partial charge in [-0.25, -0.2) is 0 Å². The summed E-state index contributed by atoms with van der Waals surface area (Å²) in [6.07, 6.45) is 0.882. The second kappa shape index (κ2) is 6.99. The Balaban J connectivity index is 2.11. The molecule has 2 aromatic carbocycles. The molecule has 0 aromatic heterocycles. The molecule has 0 fully saturated rings. The molecule has 110 valence electrons. The molecule has 1 unspecified atom stereocenters. The summed E-state index contributed by atoms with van der Waals surface area (Å²) in [5, 5.41) is 14.4. The summed E-state index contributed by atoms with van der Waals surface area (Å²) in [5.41, 5.74) is 3.60. The Kier molecular flexibility index (Phi) is 5.06. The van der Waals surface area contributed by atoms with Crippen LogP contribution in [-0.4, -0.2) is 4.92 Å². The SMILES string of the molecule is CCC(NCc1ccccc1C)c1cccc([N+](=O)[O-])c1. The van der Waals surface area contributed by atoms with E-state index in [0.717, 1.165) is 18.5 Å². The lowest BCUT2D eigenvalue weighted by atomic mass is 10.0. The molecule has 0 radical (unpaired) electrons. The molecular formula is C17H20N2O2. The maximum Gasteiger partial charge on any atom is 0.269 e. The van der Waals surface area contributed by atoms with Crippen LogP contribution in [0.3, 0.4) is 0 Å². The second-order valence-electron chi connectivity index (χ2n) is 5.12. The molecule has 1 N–H and O–H groups in total. The first-order chi connectivity index (χ1) is 10.1. The molecule has 0 aliphatic carbocycles. The highest BCUT2D eigenvalue weighted by Gasteiger charge is 2.13. The van der Waals surface area contributed by atoms with Crippen molar-refractivity contribution >= 4 is 5.69 Å². The Hall–Kier alpha value is -2.20. The summed E-state index contributed by atoms with van der Waals surface area (Å²) in [6.45, 7) is 4.92. The predicted octanol–water partition coefficient (Wildman–Crippen LogP) is 4.14. The van der Waals surface area contributed by atoms with Crippen molar-refractivity contribution in [2.45, 2.75) is 32.9 Å². The highest BCUT2D eigenvalue weighted by molar-refractivity contribution is 5.36. The maximum absolute atomic E-state index is 10.9. The first kappa shape index (κ1) is 15.2. The molecule has 0 saturated heterocycles. The fourth-order valence-electron chi connectivity index (χ4n) is 2.39. The lowest BCUT2D eigenvalue weighted by Crippen LogP contribution is -2.20. The van der Waals surface area contributed by atoms with E-state index in [1.165, 1.54) is 17.2 Å². The number of aryl methyl sites for hydroxylation is 1. The molecule has 0 spiro atoms. The molecule has 4 heteroatoms. The quantitative estimate of drug-likeness (QED) is 0.640. The summed E-state index contributed by atoms with van der Waals surface area (Å²) in [4.78, 5) is 10.5. The van der Waals surface area contributed by atoms with Gasteiger partial charge in [-0.05, 0) is 30.0 Å². The first-order valence-corrected chi connectivity index (χ1v) is 7.14. The minimum atomic E-state index is -0.350. The summed E-state index contributed by atoms with van der Waals surface area (Å²) < 4.78 is 0. The van der Waals surface area contributed by atoms with E-state index in [4.69, 9.17) is 0 Å². The number of benzene rings is 2. The fraction of sp³-hybridized carbons (Fsp3) is 0.294. The molecule has 0 aliphatic heterocycles. The Labute approximate surface area is 125 Å². The summed E-state index contributed by atoms with van der Waals surface area (Å²) in [5.74, 6) is 0. The van der Waals surface area contributed by atoms with Gasteiger partial charge in [-0.3, -0.25) is 10.1 Å². The van der Waals surface area contributed by atoms with Crippen LogP contribution < -0.4 is 5.32 Å². The number of hydrogen-bond donors (Lipinski definition) is 1. The van der Waals surface area contributed by atoms with Gasteiger partial charge in [0.25, 0.3) is 5.69 Å². The predicted molar refractivity (Wildman–Crippen MR) is 84.1 cm³/mol. The molecule has 2 aromatic rings. The van der Waals surface area contributed by atoms with Crippen LogP contribution >= 0.6 is 0 Å². The fourth-order valence-corrected chi connectivity index (χ4v) is 2.39. The Morgan fingerprint density at radius 3 is 2.62 bits per heavy atom. The van der Waals surface area contributed by atoms with Crippen molar-refractivity contribution in [2.24, 2.45) is 0 Å². The van der Waals surface area contributed by atoms with Gasteiger partial charge in [0, 0.05) is 24.7 Å². The lowest BCUT2D eigenvalue weighted by molar-refractivity contribution is -0.384. The number of nitrogens with zero attached hydrogens (tertiary/aromatic N) is 1. The van der Waals surface area contributed by atoms with E-state index in [-0.39, 0.29) is 16.7 Å². The van der Waals surface area contributed by atoms with E-state index in [1.54, 1.807) is 12.1 Å². The average molecular weight is 284 g/mol. The smallest absolute Gasteiger partial charge is 0.269 e. The van der Waals surface area contributed by atoms with Crippen LogP contribution in [-0.2, 0) is 6.54 Å². The van der Waals surface area contributed by atoms with Crippen molar-refractivity contribution < 1.29 is 4.92 Å². The van der Waals surface area contributed by atoms with E-state index in [1.807, 2.05) is 18.2 Å².